The monoisotopic (exact) mass is 436 g/mol. The number of anilines is 1. The SMILES string of the molecule is O=C(Nc1ccc(S(=O)(=O)N2CCCC2)cc1)c1cc(Cl)c2c(c1)OCCCO2. The average Bonchev–Trinajstić information content (AvgIpc) is 3.15. The summed E-state index contributed by atoms with van der Waals surface area (Å²) in [7, 11) is -3.48. The van der Waals surface area contributed by atoms with E-state index in [1.807, 2.05) is 0 Å². The zero-order valence-electron chi connectivity index (χ0n) is 15.7. The second kappa shape index (κ2) is 8.22. The van der Waals surface area contributed by atoms with Crippen molar-refractivity contribution >= 4 is 33.2 Å². The first-order chi connectivity index (χ1) is 13.9. The molecule has 1 N–H and O–H groups in total. The summed E-state index contributed by atoms with van der Waals surface area (Å²) in [5, 5.41) is 3.06. The molecule has 1 fully saturated rings. The molecule has 4 rings (SSSR count). The van der Waals surface area contributed by atoms with Gasteiger partial charge < -0.3 is 14.8 Å². The van der Waals surface area contributed by atoms with E-state index in [0.717, 1.165) is 19.3 Å². The van der Waals surface area contributed by atoms with Gasteiger partial charge in [-0.1, -0.05) is 11.6 Å². The van der Waals surface area contributed by atoms with Gasteiger partial charge in [0.1, 0.15) is 0 Å². The highest BCUT2D eigenvalue weighted by Gasteiger charge is 2.27. The molecule has 1 saturated heterocycles. The van der Waals surface area contributed by atoms with Gasteiger partial charge in [0, 0.05) is 30.8 Å². The Kier molecular flexibility index (Phi) is 5.67. The third kappa shape index (κ3) is 4.19. The molecule has 0 saturated carbocycles. The Morgan fingerprint density at radius 3 is 2.41 bits per heavy atom. The number of carbonyl (C=O) groups excluding carboxylic acids is 1. The number of benzene rings is 2. The van der Waals surface area contributed by atoms with Crippen LogP contribution in [0, 0.1) is 0 Å². The van der Waals surface area contributed by atoms with Gasteiger partial charge in [-0.25, -0.2) is 8.42 Å². The normalized spacial score (nSPS) is 17.0. The van der Waals surface area contributed by atoms with Crippen LogP contribution in [-0.2, 0) is 10.0 Å². The Balaban J connectivity index is 1.50. The third-order valence-corrected chi connectivity index (χ3v) is 7.07. The molecule has 0 bridgehead atoms. The Bertz CT molecular complexity index is 1020. The fourth-order valence-corrected chi connectivity index (χ4v) is 5.14. The van der Waals surface area contributed by atoms with Gasteiger partial charge >= 0.3 is 0 Å². The smallest absolute Gasteiger partial charge is 0.255 e. The molecule has 29 heavy (non-hydrogen) atoms. The fraction of sp³-hybridized carbons (Fsp3) is 0.350. The Morgan fingerprint density at radius 1 is 1.00 bits per heavy atom. The summed E-state index contributed by atoms with van der Waals surface area (Å²) < 4.78 is 37.8. The Labute approximate surface area is 174 Å². The number of amides is 1. The summed E-state index contributed by atoms with van der Waals surface area (Å²) in [6.45, 7) is 2.09. The molecule has 2 aromatic rings. The molecular weight excluding hydrogens is 416 g/mol. The van der Waals surface area contributed by atoms with E-state index in [1.54, 1.807) is 18.2 Å². The van der Waals surface area contributed by atoms with Gasteiger partial charge in [0.15, 0.2) is 11.5 Å². The van der Waals surface area contributed by atoms with E-state index in [-0.39, 0.29) is 10.8 Å². The predicted octanol–water partition coefficient (Wildman–Crippen LogP) is 3.54. The van der Waals surface area contributed by atoms with Gasteiger partial charge in [0.2, 0.25) is 10.0 Å². The molecule has 154 valence electrons. The second-order valence-electron chi connectivity index (χ2n) is 6.93. The van der Waals surface area contributed by atoms with Crippen LogP contribution in [0.1, 0.15) is 29.6 Å². The van der Waals surface area contributed by atoms with E-state index in [9.17, 15) is 13.2 Å². The van der Waals surface area contributed by atoms with Gasteiger partial charge in [-0.2, -0.15) is 4.31 Å². The van der Waals surface area contributed by atoms with Gasteiger partial charge in [-0.15, -0.1) is 0 Å². The van der Waals surface area contributed by atoms with Crippen LogP contribution in [0.3, 0.4) is 0 Å². The molecular formula is C20H21ClN2O5S. The number of rotatable bonds is 4. The van der Waals surface area contributed by atoms with Crippen molar-refractivity contribution in [3.8, 4) is 11.5 Å². The molecule has 1 amide bonds. The molecule has 9 heteroatoms. The van der Waals surface area contributed by atoms with Crippen molar-refractivity contribution in [3.05, 3.63) is 47.0 Å². The molecule has 2 heterocycles. The molecule has 0 unspecified atom stereocenters. The topological polar surface area (TPSA) is 84.9 Å². The lowest BCUT2D eigenvalue weighted by molar-refractivity contribution is 0.102. The zero-order chi connectivity index (χ0) is 20.4. The number of hydrogen-bond donors (Lipinski definition) is 1. The van der Waals surface area contributed by atoms with Gasteiger partial charge in [-0.3, -0.25) is 4.79 Å². The minimum atomic E-state index is -3.48. The molecule has 2 aromatic carbocycles. The average molecular weight is 437 g/mol. The van der Waals surface area contributed by atoms with Crippen LogP contribution < -0.4 is 14.8 Å². The van der Waals surface area contributed by atoms with E-state index in [0.29, 0.717) is 54.1 Å². The lowest BCUT2D eigenvalue weighted by atomic mass is 10.1. The molecule has 2 aliphatic heterocycles. The molecule has 0 atom stereocenters. The lowest BCUT2D eigenvalue weighted by Gasteiger charge is -2.16. The van der Waals surface area contributed by atoms with Crippen LogP contribution >= 0.6 is 11.6 Å². The maximum absolute atomic E-state index is 12.6. The summed E-state index contributed by atoms with van der Waals surface area (Å²) in [5.74, 6) is 0.502. The minimum Gasteiger partial charge on any atom is -0.489 e. The number of carbonyl (C=O) groups is 1. The highest BCUT2D eigenvalue weighted by Crippen LogP contribution is 2.38. The van der Waals surface area contributed by atoms with E-state index in [2.05, 4.69) is 5.32 Å². The maximum Gasteiger partial charge on any atom is 0.255 e. The number of nitrogens with zero attached hydrogens (tertiary/aromatic N) is 1. The Morgan fingerprint density at radius 2 is 1.69 bits per heavy atom. The quantitative estimate of drug-likeness (QED) is 0.792. The van der Waals surface area contributed by atoms with Gasteiger partial charge in [0.25, 0.3) is 5.91 Å². The number of fused-ring (bicyclic) bond motifs is 1. The largest absolute Gasteiger partial charge is 0.489 e. The van der Waals surface area contributed by atoms with Crippen molar-refractivity contribution in [2.75, 3.05) is 31.6 Å². The zero-order valence-corrected chi connectivity index (χ0v) is 17.3. The number of hydrogen-bond acceptors (Lipinski definition) is 5. The third-order valence-electron chi connectivity index (χ3n) is 4.88. The molecule has 0 aromatic heterocycles. The molecule has 7 nitrogen and oxygen atoms in total. The highest BCUT2D eigenvalue weighted by molar-refractivity contribution is 7.89. The van der Waals surface area contributed by atoms with Crippen LogP contribution in [0.4, 0.5) is 5.69 Å². The van der Waals surface area contributed by atoms with Crippen molar-refractivity contribution in [1.82, 2.24) is 4.31 Å². The molecule has 0 radical (unpaired) electrons. The lowest BCUT2D eigenvalue weighted by Crippen LogP contribution is -2.27. The first kappa shape index (κ1) is 20.0. The van der Waals surface area contributed by atoms with Crippen LogP contribution in [0.2, 0.25) is 5.02 Å². The van der Waals surface area contributed by atoms with Crippen LogP contribution in [0.25, 0.3) is 0 Å². The first-order valence-corrected chi connectivity index (χ1v) is 11.3. The summed E-state index contributed by atoms with van der Waals surface area (Å²) in [6, 6.07) is 9.27. The number of sulfonamides is 1. The summed E-state index contributed by atoms with van der Waals surface area (Å²) in [6.07, 6.45) is 2.50. The van der Waals surface area contributed by atoms with E-state index in [1.165, 1.54) is 22.5 Å². The summed E-state index contributed by atoms with van der Waals surface area (Å²) in [5.41, 5.74) is 0.812. The van der Waals surface area contributed by atoms with Crippen molar-refractivity contribution in [3.63, 3.8) is 0 Å². The number of ether oxygens (including phenoxy) is 2. The predicted molar refractivity (Wildman–Crippen MR) is 109 cm³/mol. The first-order valence-electron chi connectivity index (χ1n) is 9.46. The Hall–Kier alpha value is -2.29. The van der Waals surface area contributed by atoms with Crippen molar-refractivity contribution in [1.29, 1.82) is 0 Å². The van der Waals surface area contributed by atoms with E-state index < -0.39 is 10.0 Å². The van der Waals surface area contributed by atoms with Crippen LogP contribution in [-0.4, -0.2) is 44.9 Å². The number of halogens is 1. The summed E-state index contributed by atoms with van der Waals surface area (Å²) in [4.78, 5) is 12.9. The van der Waals surface area contributed by atoms with E-state index in [4.69, 9.17) is 21.1 Å². The molecule has 0 aliphatic carbocycles. The fourth-order valence-electron chi connectivity index (χ4n) is 3.35. The van der Waals surface area contributed by atoms with Crippen molar-refractivity contribution < 1.29 is 22.7 Å². The van der Waals surface area contributed by atoms with Crippen LogP contribution in [0.5, 0.6) is 11.5 Å². The molecule has 2 aliphatic rings. The van der Waals surface area contributed by atoms with Crippen LogP contribution in [0.15, 0.2) is 41.3 Å². The van der Waals surface area contributed by atoms with Crippen molar-refractivity contribution in [2.45, 2.75) is 24.2 Å². The van der Waals surface area contributed by atoms with Gasteiger partial charge in [0.05, 0.1) is 23.1 Å². The maximum atomic E-state index is 12.6. The number of nitrogens with one attached hydrogen (secondary N) is 1. The standard InChI is InChI=1S/C20H21ClN2O5S/c21-17-12-14(13-18-19(17)28-11-3-10-27-18)20(24)22-15-4-6-16(7-5-15)29(25,26)23-8-1-2-9-23/h4-7,12-13H,1-3,8-11H2,(H,22,24). The van der Waals surface area contributed by atoms with Gasteiger partial charge in [-0.05, 0) is 49.2 Å². The second-order valence-corrected chi connectivity index (χ2v) is 9.27. The summed E-state index contributed by atoms with van der Waals surface area (Å²) >= 11 is 6.24. The highest BCUT2D eigenvalue weighted by atomic mass is 35.5. The van der Waals surface area contributed by atoms with E-state index >= 15 is 0 Å². The van der Waals surface area contributed by atoms with Crippen molar-refractivity contribution in [2.24, 2.45) is 0 Å². The molecule has 0 spiro atoms. The minimum absolute atomic E-state index is 0.219.